The Bertz CT molecular complexity index is 770. The SMILES string of the molecule is CC(C)c1noc([C@@H]2CCCN2C2CCN(C(=O)c3cnccn3)CC2)n1. The van der Waals surface area contributed by atoms with E-state index in [2.05, 4.69) is 38.9 Å². The second-order valence-corrected chi connectivity index (χ2v) is 7.66. The molecule has 2 aromatic rings. The van der Waals surface area contributed by atoms with Crippen LogP contribution in [0.2, 0.25) is 0 Å². The van der Waals surface area contributed by atoms with E-state index in [0.717, 1.165) is 57.0 Å². The Morgan fingerprint density at radius 3 is 2.67 bits per heavy atom. The zero-order valence-corrected chi connectivity index (χ0v) is 15.9. The van der Waals surface area contributed by atoms with Crippen molar-refractivity contribution in [1.82, 2.24) is 29.9 Å². The maximum Gasteiger partial charge on any atom is 0.274 e. The summed E-state index contributed by atoms with van der Waals surface area (Å²) < 4.78 is 5.57. The lowest BCUT2D eigenvalue weighted by atomic mass is 10.0. The second kappa shape index (κ2) is 7.72. The van der Waals surface area contributed by atoms with Gasteiger partial charge in [-0.05, 0) is 32.2 Å². The van der Waals surface area contributed by atoms with E-state index in [1.807, 2.05) is 4.90 Å². The molecule has 2 saturated heterocycles. The molecule has 2 fully saturated rings. The van der Waals surface area contributed by atoms with Crippen molar-refractivity contribution in [3.63, 3.8) is 0 Å². The lowest BCUT2D eigenvalue weighted by Gasteiger charge is -2.38. The summed E-state index contributed by atoms with van der Waals surface area (Å²) >= 11 is 0. The van der Waals surface area contributed by atoms with Crippen LogP contribution in [0.3, 0.4) is 0 Å². The number of rotatable bonds is 4. The van der Waals surface area contributed by atoms with Crippen LogP contribution in [0.15, 0.2) is 23.1 Å². The number of likely N-dealkylation sites (tertiary alicyclic amines) is 2. The first-order valence-corrected chi connectivity index (χ1v) is 9.78. The molecule has 144 valence electrons. The highest BCUT2D eigenvalue weighted by Gasteiger charge is 2.37. The summed E-state index contributed by atoms with van der Waals surface area (Å²) in [4.78, 5) is 29.7. The Morgan fingerprint density at radius 1 is 1.19 bits per heavy atom. The van der Waals surface area contributed by atoms with Gasteiger partial charge in [0.2, 0.25) is 5.89 Å². The van der Waals surface area contributed by atoms with E-state index in [9.17, 15) is 4.79 Å². The van der Waals surface area contributed by atoms with Gasteiger partial charge in [-0.25, -0.2) is 4.98 Å². The topological polar surface area (TPSA) is 88.3 Å². The molecular formula is C19H26N6O2. The Labute approximate surface area is 159 Å². The highest BCUT2D eigenvalue weighted by Crippen LogP contribution is 2.35. The largest absolute Gasteiger partial charge is 0.338 e. The maximum atomic E-state index is 12.6. The number of carbonyl (C=O) groups is 1. The molecule has 0 N–H and O–H groups in total. The number of piperidine rings is 1. The molecule has 0 radical (unpaired) electrons. The van der Waals surface area contributed by atoms with Gasteiger partial charge in [-0.1, -0.05) is 19.0 Å². The van der Waals surface area contributed by atoms with E-state index in [1.165, 1.54) is 6.20 Å². The molecular weight excluding hydrogens is 344 g/mol. The Balaban J connectivity index is 1.39. The smallest absolute Gasteiger partial charge is 0.274 e. The molecule has 8 nitrogen and oxygen atoms in total. The molecule has 4 rings (SSSR count). The molecule has 1 amide bonds. The summed E-state index contributed by atoms with van der Waals surface area (Å²) in [5.41, 5.74) is 0.419. The molecule has 0 spiro atoms. The van der Waals surface area contributed by atoms with Crippen LogP contribution in [-0.2, 0) is 0 Å². The summed E-state index contributed by atoms with van der Waals surface area (Å²) in [6, 6.07) is 0.648. The van der Waals surface area contributed by atoms with E-state index < -0.39 is 0 Å². The zero-order valence-electron chi connectivity index (χ0n) is 15.9. The lowest BCUT2D eigenvalue weighted by Crippen LogP contribution is -2.46. The molecule has 27 heavy (non-hydrogen) atoms. The number of hydrogen-bond donors (Lipinski definition) is 0. The molecule has 8 heteroatoms. The highest BCUT2D eigenvalue weighted by atomic mass is 16.5. The van der Waals surface area contributed by atoms with Crippen molar-refractivity contribution in [3.05, 3.63) is 36.0 Å². The molecule has 0 unspecified atom stereocenters. The van der Waals surface area contributed by atoms with Crippen LogP contribution in [0.4, 0.5) is 0 Å². The Kier molecular flexibility index (Phi) is 5.15. The van der Waals surface area contributed by atoms with Gasteiger partial charge in [0.05, 0.1) is 12.2 Å². The third kappa shape index (κ3) is 3.71. The van der Waals surface area contributed by atoms with E-state index >= 15 is 0 Å². The monoisotopic (exact) mass is 370 g/mol. The zero-order chi connectivity index (χ0) is 18.8. The molecule has 4 heterocycles. The quantitative estimate of drug-likeness (QED) is 0.816. The molecule has 2 aliphatic heterocycles. The van der Waals surface area contributed by atoms with Gasteiger partial charge in [0.25, 0.3) is 5.91 Å². The predicted molar refractivity (Wildman–Crippen MR) is 98.0 cm³/mol. The van der Waals surface area contributed by atoms with Crippen LogP contribution in [0.1, 0.15) is 73.7 Å². The third-order valence-corrected chi connectivity index (χ3v) is 5.56. The first-order chi connectivity index (χ1) is 13.1. The van der Waals surface area contributed by atoms with Gasteiger partial charge in [0, 0.05) is 37.4 Å². The molecule has 1 atom stereocenters. The van der Waals surface area contributed by atoms with Crippen LogP contribution in [0, 0.1) is 0 Å². The summed E-state index contributed by atoms with van der Waals surface area (Å²) in [6.07, 6.45) is 8.78. The van der Waals surface area contributed by atoms with Gasteiger partial charge in [-0.15, -0.1) is 0 Å². The second-order valence-electron chi connectivity index (χ2n) is 7.66. The van der Waals surface area contributed by atoms with Gasteiger partial charge in [0.1, 0.15) is 5.69 Å². The van der Waals surface area contributed by atoms with Crippen molar-refractivity contribution in [1.29, 1.82) is 0 Å². The van der Waals surface area contributed by atoms with E-state index in [4.69, 9.17) is 4.52 Å². The third-order valence-electron chi connectivity index (χ3n) is 5.56. The number of hydrogen-bond acceptors (Lipinski definition) is 7. The average molecular weight is 370 g/mol. The predicted octanol–water partition coefficient (Wildman–Crippen LogP) is 2.42. The molecule has 0 aromatic carbocycles. The van der Waals surface area contributed by atoms with Gasteiger partial charge >= 0.3 is 0 Å². The highest BCUT2D eigenvalue weighted by molar-refractivity contribution is 5.92. The molecule has 2 aliphatic rings. The Hall–Kier alpha value is -2.35. The summed E-state index contributed by atoms with van der Waals surface area (Å²) in [5.74, 6) is 1.76. The molecule has 0 bridgehead atoms. The number of nitrogens with zero attached hydrogens (tertiary/aromatic N) is 6. The lowest BCUT2D eigenvalue weighted by molar-refractivity contribution is 0.0569. The summed E-state index contributed by atoms with van der Waals surface area (Å²) in [5, 5.41) is 4.13. The van der Waals surface area contributed by atoms with E-state index in [-0.39, 0.29) is 17.9 Å². The first kappa shape index (κ1) is 18.0. The van der Waals surface area contributed by atoms with Crippen molar-refractivity contribution < 1.29 is 9.32 Å². The number of aromatic nitrogens is 4. The van der Waals surface area contributed by atoms with Gasteiger partial charge in [0.15, 0.2) is 5.82 Å². The molecule has 2 aromatic heterocycles. The van der Waals surface area contributed by atoms with Crippen molar-refractivity contribution in [2.24, 2.45) is 0 Å². The van der Waals surface area contributed by atoms with Crippen molar-refractivity contribution in [2.45, 2.75) is 57.5 Å². The normalized spacial score (nSPS) is 21.9. The number of amides is 1. The van der Waals surface area contributed by atoms with Crippen molar-refractivity contribution in [2.75, 3.05) is 19.6 Å². The fraction of sp³-hybridized carbons (Fsp3) is 0.632. The number of carbonyl (C=O) groups excluding carboxylic acids is 1. The molecule has 0 saturated carbocycles. The first-order valence-electron chi connectivity index (χ1n) is 9.78. The van der Waals surface area contributed by atoms with E-state index in [1.54, 1.807) is 12.4 Å². The van der Waals surface area contributed by atoms with Crippen LogP contribution >= 0.6 is 0 Å². The van der Waals surface area contributed by atoms with Gasteiger partial charge in [-0.2, -0.15) is 4.98 Å². The summed E-state index contributed by atoms with van der Waals surface area (Å²) in [7, 11) is 0. The van der Waals surface area contributed by atoms with Crippen LogP contribution in [0.5, 0.6) is 0 Å². The molecule has 0 aliphatic carbocycles. The van der Waals surface area contributed by atoms with Crippen LogP contribution in [0.25, 0.3) is 0 Å². The van der Waals surface area contributed by atoms with Crippen molar-refractivity contribution >= 4 is 5.91 Å². The van der Waals surface area contributed by atoms with E-state index in [0.29, 0.717) is 11.7 Å². The van der Waals surface area contributed by atoms with Crippen LogP contribution in [-0.4, -0.2) is 61.5 Å². The minimum atomic E-state index is -0.0296. The summed E-state index contributed by atoms with van der Waals surface area (Å²) in [6.45, 7) is 6.68. The van der Waals surface area contributed by atoms with Gasteiger partial charge in [-0.3, -0.25) is 14.7 Å². The fourth-order valence-electron chi connectivity index (χ4n) is 4.08. The van der Waals surface area contributed by atoms with Crippen LogP contribution < -0.4 is 0 Å². The standard InChI is InChI=1S/C19H26N6O2/c1-13(2)17-22-18(27-23-17)16-4-3-9-25(16)14-5-10-24(11-6-14)19(26)15-12-20-7-8-21-15/h7-8,12-14,16H,3-6,9-11H2,1-2H3/t16-/m0/s1. The fourth-order valence-corrected chi connectivity index (χ4v) is 4.08. The van der Waals surface area contributed by atoms with Crippen molar-refractivity contribution in [3.8, 4) is 0 Å². The Morgan fingerprint density at radius 2 is 2.00 bits per heavy atom. The maximum absolute atomic E-state index is 12.6. The minimum absolute atomic E-state index is 0.0296. The average Bonchev–Trinajstić information content (AvgIpc) is 3.37. The minimum Gasteiger partial charge on any atom is -0.338 e. The van der Waals surface area contributed by atoms with Gasteiger partial charge < -0.3 is 9.42 Å².